The minimum atomic E-state index is -4.52. The number of unbranched alkanes of at least 4 members (excludes halogenated alkanes) is 9. The number of alkyl halides is 3. The van der Waals surface area contributed by atoms with Gasteiger partial charge < -0.3 is 10.2 Å². The van der Waals surface area contributed by atoms with Gasteiger partial charge in [0.25, 0.3) is 5.91 Å². The number of carbonyl (C=O) groups is 2. The molecule has 0 atom stereocenters. The molecule has 1 amide bonds. The predicted octanol–water partition coefficient (Wildman–Crippen LogP) is 7.23. The van der Waals surface area contributed by atoms with Crippen LogP contribution in [-0.4, -0.2) is 28.5 Å². The van der Waals surface area contributed by atoms with Crippen molar-refractivity contribution in [3.63, 3.8) is 0 Å². The Kier molecular flexibility index (Phi) is 13.8. The number of pyridine rings is 1. The second kappa shape index (κ2) is 16.8. The van der Waals surface area contributed by atoms with Gasteiger partial charge in [0.05, 0.1) is 13.1 Å². The molecule has 0 radical (unpaired) electrons. The summed E-state index contributed by atoms with van der Waals surface area (Å²) in [5.74, 6) is -0.687. The maximum absolute atomic E-state index is 12.7. The molecule has 210 valence electrons. The molecule has 1 N–H and O–H groups in total. The molecule has 0 unspecified atom stereocenters. The zero-order valence-electron chi connectivity index (χ0n) is 22.5. The van der Waals surface area contributed by atoms with Crippen molar-refractivity contribution < 1.29 is 27.6 Å². The van der Waals surface area contributed by atoms with E-state index >= 15 is 0 Å². The van der Waals surface area contributed by atoms with E-state index in [-0.39, 0.29) is 19.0 Å². The molecule has 1 aromatic carbocycles. The number of hydrogen-bond donors (Lipinski definition) is 1. The molecule has 0 saturated carbocycles. The molecular weight excluding hydrogens is 495 g/mol. The van der Waals surface area contributed by atoms with Gasteiger partial charge in [-0.05, 0) is 35.7 Å². The van der Waals surface area contributed by atoms with Gasteiger partial charge in [-0.2, -0.15) is 13.2 Å². The largest absolute Gasteiger partial charge is 0.433 e. The molecule has 6 nitrogen and oxygen atoms in total. The maximum Gasteiger partial charge on any atom is 0.433 e. The molecule has 1 heterocycles. The van der Waals surface area contributed by atoms with Crippen LogP contribution in [0.3, 0.4) is 0 Å². The number of rotatable bonds is 17. The summed E-state index contributed by atoms with van der Waals surface area (Å²) in [6.07, 6.45) is 8.99. The first-order valence-electron chi connectivity index (χ1n) is 13.5. The third-order valence-corrected chi connectivity index (χ3v) is 6.12. The number of nitrogens with zero attached hydrogens (tertiary/aromatic N) is 2. The molecule has 0 bridgehead atoms. The summed E-state index contributed by atoms with van der Waals surface area (Å²) in [5.41, 5.74) is 0.786. The van der Waals surface area contributed by atoms with E-state index in [0.717, 1.165) is 30.7 Å². The Balaban J connectivity index is 1.75. The van der Waals surface area contributed by atoms with Crippen LogP contribution in [0.2, 0.25) is 0 Å². The molecular formula is C29H40F3N3O3. The average Bonchev–Trinajstić information content (AvgIpc) is 2.87. The van der Waals surface area contributed by atoms with Gasteiger partial charge >= 0.3 is 12.1 Å². The van der Waals surface area contributed by atoms with Gasteiger partial charge in [0.1, 0.15) is 5.69 Å². The normalized spacial score (nSPS) is 11.5. The van der Waals surface area contributed by atoms with E-state index in [2.05, 4.69) is 17.2 Å². The van der Waals surface area contributed by atoms with Crippen LogP contribution in [-0.2, 0) is 28.9 Å². The number of carbonyl (C=O) groups excluding carboxylic acids is 2. The van der Waals surface area contributed by atoms with Crippen LogP contribution in [0.4, 0.5) is 13.2 Å². The first kappa shape index (κ1) is 31.3. The third-order valence-electron chi connectivity index (χ3n) is 6.12. The van der Waals surface area contributed by atoms with Gasteiger partial charge in [-0.25, -0.2) is 0 Å². The van der Waals surface area contributed by atoms with Crippen molar-refractivity contribution >= 4 is 11.9 Å². The lowest BCUT2D eigenvalue weighted by Crippen LogP contribution is -2.26. The fourth-order valence-corrected chi connectivity index (χ4v) is 4.07. The molecule has 9 heteroatoms. The molecule has 0 fully saturated rings. The van der Waals surface area contributed by atoms with Crippen molar-refractivity contribution in [3.05, 3.63) is 65.0 Å². The molecule has 38 heavy (non-hydrogen) atoms. The van der Waals surface area contributed by atoms with Gasteiger partial charge in [-0.15, -0.1) is 5.06 Å². The van der Waals surface area contributed by atoms with Crippen LogP contribution in [0.25, 0.3) is 0 Å². The Morgan fingerprint density at radius 2 is 1.39 bits per heavy atom. The second-order valence-electron chi connectivity index (χ2n) is 9.57. The molecule has 1 aromatic heterocycles. The summed E-state index contributed by atoms with van der Waals surface area (Å²) in [6, 6.07) is 9.12. The first-order valence-corrected chi connectivity index (χ1v) is 13.5. The van der Waals surface area contributed by atoms with Crippen LogP contribution in [0.15, 0.2) is 42.6 Å². The van der Waals surface area contributed by atoms with Crippen LogP contribution in [0.5, 0.6) is 0 Å². The molecule has 0 aliphatic heterocycles. The molecule has 0 saturated heterocycles. The number of hydrogen-bond acceptors (Lipinski definition) is 5. The van der Waals surface area contributed by atoms with E-state index in [1.54, 1.807) is 24.3 Å². The number of benzene rings is 1. The maximum atomic E-state index is 12.7. The van der Waals surface area contributed by atoms with E-state index in [9.17, 15) is 22.8 Å². The number of halogens is 3. The van der Waals surface area contributed by atoms with E-state index in [1.165, 1.54) is 69.4 Å². The summed E-state index contributed by atoms with van der Waals surface area (Å²) < 4.78 is 38.2. The number of hydroxylamine groups is 2. The first-order chi connectivity index (χ1) is 18.2. The van der Waals surface area contributed by atoms with Crippen molar-refractivity contribution in [2.75, 3.05) is 6.54 Å². The van der Waals surface area contributed by atoms with E-state index < -0.39 is 17.8 Å². The summed E-state index contributed by atoms with van der Waals surface area (Å²) in [5, 5.41) is 4.29. The predicted molar refractivity (Wildman–Crippen MR) is 141 cm³/mol. The highest BCUT2D eigenvalue weighted by atomic mass is 19.4. The Hall–Kier alpha value is -2.94. The molecule has 0 spiro atoms. The SMILES string of the molecule is CCCCCCCCCCCCNC(=O)c1ccc(CN(Cc2ccc(C(F)(F)F)nc2)OC(C)=O)cc1. The van der Waals surface area contributed by atoms with E-state index in [0.29, 0.717) is 17.7 Å². The lowest BCUT2D eigenvalue weighted by molar-refractivity contribution is -0.194. The lowest BCUT2D eigenvalue weighted by atomic mass is 10.1. The van der Waals surface area contributed by atoms with Crippen LogP contribution >= 0.6 is 0 Å². The lowest BCUT2D eigenvalue weighted by Gasteiger charge is -2.21. The Bertz CT molecular complexity index is 964. The molecule has 2 aromatic rings. The van der Waals surface area contributed by atoms with Crippen molar-refractivity contribution in [2.45, 2.75) is 97.3 Å². The summed E-state index contributed by atoms with van der Waals surface area (Å²) in [6.45, 7) is 4.37. The number of amides is 1. The highest BCUT2D eigenvalue weighted by Crippen LogP contribution is 2.27. The average molecular weight is 536 g/mol. The Morgan fingerprint density at radius 1 is 0.842 bits per heavy atom. The van der Waals surface area contributed by atoms with Gasteiger partial charge in [-0.1, -0.05) is 82.9 Å². The molecule has 0 aliphatic rings. The molecule has 0 aliphatic carbocycles. The number of nitrogens with one attached hydrogen (secondary N) is 1. The third kappa shape index (κ3) is 12.5. The van der Waals surface area contributed by atoms with Crippen molar-refractivity contribution in [1.82, 2.24) is 15.4 Å². The summed E-state index contributed by atoms with van der Waals surface area (Å²) >= 11 is 0. The van der Waals surface area contributed by atoms with Crippen LogP contribution in [0.1, 0.15) is 105 Å². The Morgan fingerprint density at radius 3 is 1.92 bits per heavy atom. The smallest absolute Gasteiger partial charge is 0.368 e. The fourth-order valence-electron chi connectivity index (χ4n) is 4.07. The topological polar surface area (TPSA) is 71.5 Å². The Labute approximate surface area is 223 Å². The highest BCUT2D eigenvalue weighted by Gasteiger charge is 2.32. The van der Waals surface area contributed by atoms with Crippen LogP contribution in [0, 0.1) is 0 Å². The highest BCUT2D eigenvalue weighted by molar-refractivity contribution is 5.94. The minimum Gasteiger partial charge on any atom is -0.368 e. The zero-order chi connectivity index (χ0) is 27.8. The monoisotopic (exact) mass is 535 g/mol. The van der Waals surface area contributed by atoms with Gasteiger partial charge in [0.15, 0.2) is 0 Å². The summed E-state index contributed by atoms with van der Waals surface area (Å²) in [7, 11) is 0. The summed E-state index contributed by atoms with van der Waals surface area (Å²) in [4.78, 5) is 32.6. The quantitative estimate of drug-likeness (QED) is 0.171. The molecule has 2 rings (SSSR count). The van der Waals surface area contributed by atoms with Crippen molar-refractivity contribution in [3.8, 4) is 0 Å². The standard InChI is InChI=1S/C29H40F3N3O3/c1-3-4-5-6-7-8-9-10-11-12-19-33-28(37)26-16-13-24(14-17-26)21-35(38-23(2)36)22-25-15-18-27(34-20-25)29(30,31)32/h13-18,20H,3-12,19,21-22H2,1-2H3,(H,33,37). The fraction of sp³-hybridized carbons (Fsp3) is 0.552. The second-order valence-corrected chi connectivity index (χ2v) is 9.57. The van der Waals surface area contributed by atoms with E-state index in [4.69, 9.17) is 4.84 Å². The zero-order valence-corrected chi connectivity index (χ0v) is 22.5. The van der Waals surface area contributed by atoms with Crippen molar-refractivity contribution in [1.29, 1.82) is 0 Å². The van der Waals surface area contributed by atoms with E-state index in [1.807, 2.05) is 0 Å². The van der Waals surface area contributed by atoms with Gasteiger partial charge in [0.2, 0.25) is 0 Å². The van der Waals surface area contributed by atoms with Gasteiger partial charge in [0, 0.05) is 25.2 Å². The number of aromatic nitrogens is 1. The van der Waals surface area contributed by atoms with Crippen molar-refractivity contribution in [2.24, 2.45) is 0 Å². The minimum absolute atomic E-state index is 0.0613. The van der Waals surface area contributed by atoms with Gasteiger partial charge in [-0.3, -0.25) is 14.6 Å². The van der Waals surface area contributed by atoms with Crippen LogP contribution < -0.4 is 5.32 Å².